The SMILES string of the molecule is CC/C=C(/C)C(=O)NC(=O)C(C)(C)C. The van der Waals surface area contributed by atoms with Crippen molar-refractivity contribution < 1.29 is 9.59 Å². The molecule has 3 nitrogen and oxygen atoms in total. The van der Waals surface area contributed by atoms with E-state index in [1.165, 1.54) is 0 Å². The van der Waals surface area contributed by atoms with Crippen LogP contribution in [0.4, 0.5) is 0 Å². The second-order valence-electron chi connectivity index (χ2n) is 4.33. The van der Waals surface area contributed by atoms with Gasteiger partial charge in [0.1, 0.15) is 0 Å². The lowest BCUT2D eigenvalue weighted by Crippen LogP contribution is -2.39. The van der Waals surface area contributed by atoms with Gasteiger partial charge in [-0.3, -0.25) is 14.9 Å². The Morgan fingerprint density at radius 3 is 2.14 bits per heavy atom. The number of nitrogens with one attached hydrogen (secondary N) is 1. The van der Waals surface area contributed by atoms with E-state index in [4.69, 9.17) is 0 Å². The van der Waals surface area contributed by atoms with E-state index in [-0.39, 0.29) is 11.8 Å². The molecule has 0 aliphatic heterocycles. The number of carbonyl (C=O) groups is 2. The highest BCUT2D eigenvalue weighted by atomic mass is 16.2. The lowest BCUT2D eigenvalue weighted by molar-refractivity contribution is -0.133. The zero-order valence-corrected chi connectivity index (χ0v) is 9.60. The second kappa shape index (κ2) is 4.94. The summed E-state index contributed by atoms with van der Waals surface area (Å²) in [4.78, 5) is 22.8. The van der Waals surface area contributed by atoms with E-state index in [1.807, 2.05) is 6.92 Å². The zero-order chi connectivity index (χ0) is 11.4. The fraction of sp³-hybridized carbons (Fsp3) is 0.636. The summed E-state index contributed by atoms with van der Waals surface area (Å²) in [6, 6.07) is 0. The summed E-state index contributed by atoms with van der Waals surface area (Å²) in [6.07, 6.45) is 2.59. The average molecular weight is 197 g/mol. The molecule has 0 aromatic carbocycles. The van der Waals surface area contributed by atoms with E-state index in [0.717, 1.165) is 6.42 Å². The van der Waals surface area contributed by atoms with Crippen LogP contribution in [0.5, 0.6) is 0 Å². The van der Waals surface area contributed by atoms with Crippen molar-refractivity contribution >= 4 is 11.8 Å². The highest BCUT2D eigenvalue weighted by Crippen LogP contribution is 2.12. The molecule has 0 radical (unpaired) electrons. The molecule has 0 aromatic rings. The van der Waals surface area contributed by atoms with Crippen molar-refractivity contribution in [1.82, 2.24) is 5.32 Å². The quantitative estimate of drug-likeness (QED) is 0.688. The minimum absolute atomic E-state index is 0.244. The van der Waals surface area contributed by atoms with Gasteiger partial charge < -0.3 is 0 Å². The molecule has 2 amide bonds. The molecule has 0 rings (SSSR count). The van der Waals surface area contributed by atoms with Crippen LogP contribution in [0.25, 0.3) is 0 Å². The molecule has 0 saturated heterocycles. The summed E-state index contributed by atoms with van der Waals surface area (Å²) >= 11 is 0. The largest absolute Gasteiger partial charge is 0.292 e. The Hall–Kier alpha value is -1.12. The summed E-state index contributed by atoms with van der Waals surface area (Å²) in [7, 11) is 0. The van der Waals surface area contributed by atoms with Gasteiger partial charge in [-0.05, 0) is 13.3 Å². The average Bonchev–Trinajstić information content (AvgIpc) is 2.02. The Kier molecular flexibility index (Phi) is 4.54. The highest BCUT2D eigenvalue weighted by Gasteiger charge is 2.23. The third-order valence-electron chi connectivity index (χ3n) is 1.78. The summed E-state index contributed by atoms with van der Waals surface area (Å²) in [5, 5.41) is 2.36. The van der Waals surface area contributed by atoms with Crippen LogP contribution in [0.1, 0.15) is 41.0 Å². The summed E-state index contributed by atoms with van der Waals surface area (Å²) in [5.74, 6) is -0.543. The van der Waals surface area contributed by atoms with Crippen LogP contribution in [-0.2, 0) is 9.59 Å². The number of hydrogen-bond donors (Lipinski definition) is 1. The van der Waals surface area contributed by atoms with E-state index in [0.29, 0.717) is 5.57 Å². The molecule has 0 atom stereocenters. The van der Waals surface area contributed by atoms with Gasteiger partial charge >= 0.3 is 0 Å². The maximum absolute atomic E-state index is 11.4. The van der Waals surface area contributed by atoms with Gasteiger partial charge in [-0.1, -0.05) is 33.8 Å². The van der Waals surface area contributed by atoms with Crippen molar-refractivity contribution in [3.8, 4) is 0 Å². The van der Waals surface area contributed by atoms with Crippen molar-refractivity contribution in [2.24, 2.45) is 5.41 Å². The van der Waals surface area contributed by atoms with E-state index >= 15 is 0 Å². The van der Waals surface area contributed by atoms with Gasteiger partial charge in [0.05, 0.1) is 0 Å². The number of hydrogen-bond acceptors (Lipinski definition) is 2. The third-order valence-corrected chi connectivity index (χ3v) is 1.78. The van der Waals surface area contributed by atoms with Crippen molar-refractivity contribution in [1.29, 1.82) is 0 Å². The topological polar surface area (TPSA) is 46.2 Å². The Labute approximate surface area is 85.6 Å². The first-order valence-electron chi connectivity index (χ1n) is 4.81. The molecule has 0 bridgehead atoms. The number of rotatable bonds is 2. The molecule has 14 heavy (non-hydrogen) atoms. The smallest absolute Gasteiger partial charge is 0.253 e. The maximum Gasteiger partial charge on any atom is 0.253 e. The first kappa shape index (κ1) is 12.9. The number of amides is 2. The van der Waals surface area contributed by atoms with Crippen molar-refractivity contribution in [2.45, 2.75) is 41.0 Å². The number of carbonyl (C=O) groups excluding carboxylic acids is 2. The predicted octanol–water partition coefficient (Wildman–Crippen LogP) is 2.03. The molecular formula is C11H19NO2. The number of allylic oxidation sites excluding steroid dienone is 1. The van der Waals surface area contributed by atoms with Crippen LogP contribution in [-0.4, -0.2) is 11.8 Å². The Morgan fingerprint density at radius 2 is 1.79 bits per heavy atom. The lowest BCUT2D eigenvalue weighted by atomic mass is 9.95. The molecule has 0 aromatic heterocycles. The predicted molar refractivity (Wildman–Crippen MR) is 56.7 cm³/mol. The first-order chi connectivity index (χ1) is 6.29. The molecule has 0 heterocycles. The van der Waals surface area contributed by atoms with Crippen molar-refractivity contribution in [3.63, 3.8) is 0 Å². The standard InChI is InChI=1S/C11H19NO2/c1-6-7-8(2)9(13)12-10(14)11(3,4)5/h7H,6H2,1-5H3,(H,12,13,14)/b8-7-. The Morgan fingerprint density at radius 1 is 1.29 bits per heavy atom. The summed E-state index contributed by atoms with van der Waals surface area (Å²) in [5.41, 5.74) is 0.0624. The third kappa shape index (κ3) is 4.21. The molecule has 0 saturated carbocycles. The number of imide groups is 1. The van der Waals surface area contributed by atoms with Crippen LogP contribution in [0.15, 0.2) is 11.6 Å². The van der Waals surface area contributed by atoms with E-state index in [2.05, 4.69) is 5.32 Å². The second-order valence-corrected chi connectivity index (χ2v) is 4.33. The van der Waals surface area contributed by atoms with Gasteiger partial charge in [0, 0.05) is 11.0 Å². The normalized spacial score (nSPS) is 12.5. The molecule has 3 heteroatoms. The highest BCUT2D eigenvalue weighted by molar-refractivity contribution is 6.05. The van der Waals surface area contributed by atoms with Crippen LogP contribution >= 0.6 is 0 Å². The molecule has 0 spiro atoms. The maximum atomic E-state index is 11.4. The Bertz CT molecular complexity index is 259. The van der Waals surface area contributed by atoms with Gasteiger partial charge in [0.15, 0.2) is 0 Å². The summed E-state index contributed by atoms with van der Waals surface area (Å²) < 4.78 is 0. The van der Waals surface area contributed by atoms with Gasteiger partial charge in [0.2, 0.25) is 5.91 Å². The molecular weight excluding hydrogens is 178 g/mol. The summed E-state index contributed by atoms with van der Waals surface area (Å²) in [6.45, 7) is 8.97. The minimum Gasteiger partial charge on any atom is -0.292 e. The van der Waals surface area contributed by atoms with Gasteiger partial charge in [-0.25, -0.2) is 0 Å². The van der Waals surface area contributed by atoms with Crippen LogP contribution in [0, 0.1) is 5.41 Å². The molecule has 0 unspecified atom stereocenters. The zero-order valence-electron chi connectivity index (χ0n) is 9.60. The van der Waals surface area contributed by atoms with Gasteiger partial charge in [-0.15, -0.1) is 0 Å². The van der Waals surface area contributed by atoms with E-state index in [1.54, 1.807) is 33.8 Å². The van der Waals surface area contributed by atoms with Gasteiger partial charge in [-0.2, -0.15) is 0 Å². The van der Waals surface area contributed by atoms with E-state index < -0.39 is 5.41 Å². The fourth-order valence-corrected chi connectivity index (χ4v) is 0.788. The first-order valence-corrected chi connectivity index (χ1v) is 4.81. The minimum atomic E-state index is -0.526. The monoisotopic (exact) mass is 197 g/mol. The van der Waals surface area contributed by atoms with Crippen LogP contribution in [0.2, 0.25) is 0 Å². The molecule has 0 aliphatic rings. The fourth-order valence-electron chi connectivity index (χ4n) is 0.788. The molecule has 0 aliphatic carbocycles. The van der Waals surface area contributed by atoms with Crippen molar-refractivity contribution in [2.75, 3.05) is 0 Å². The Balaban J connectivity index is 4.35. The van der Waals surface area contributed by atoms with Crippen LogP contribution in [0.3, 0.4) is 0 Å². The van der Waals surface area contributed by atoms with E-state index in [9.17, 15) is 9.59 Å². The molecule has 0 fully saturated rings. The lowest BCUT2D eigenvalue weighted by Gasteiger charge is -2.16. The molecule has 1 N–H and O–H groups in total. The van der Waals surface area contributed by atoms with Crippen molar-refractivity contribution in [3.05, 3.63) is 11.6 Å². The van der Waals surface area contributed by atoms with Gasteiger partial charge in [0.25, 0.3) is 5.91 Å². The van der Waals surface area contributed by atoms with Crippen LogP contribution < -0.4 is 5.32 Å². The molecule has 80 valence electrons.